The number of nitrogens with one attached hydrogen (secondary N) is 1. The van der Waals surface area contributed by atoms with E-state index in [-0.39, 0.29) is 27.2 Å². The van der Waals surface area contributed by atoms with Gasteiger partial charge >= 0.3 is 0 Å². The van der Waals surface area contributed by atoms with Gasteiger partial charge in [-0.25, -0.2) is 8.78 Å². The van der Waals surface area contributed by atoms with Crippen molar-refractivity contribution in [3.63, 3.8) is 0 Å². The maximum atomic E-state index is 13.7. The van der Waals surface area contributed by atoms with E-state index in [4.69, 9.17) is 0 Å². The first kappa shape index (κ1) is 14.6. The molecule has 0 saturated carbocycles. The summed E-state index contributed by atoms with van der Waals surface area (Å²) in [6, 6.07) is 5.79. The lowest BCUT2D eigenvalue weighted by atomic mass is 10.1. The van der Waals surface area contributed by atoms with E-state index in [9.17, 15) is 19.0 Å². The molecule has 106 valence electrons. The fourth-order valence-electron chi connectivity index (χ4n) is 1.92. The smallest absolute Gasteiger partial charge is 0.149 e. The lowest BCUT2D eigenvalue weighted by Gasteiger charge is -2.18. The quantitative estimate of drug-likeness (QED) is 0.728. The zero-order chi connectivity index (χ0) is 14.9. The molecule has 0 spiro atoms. The molecule has 0 bridgehead atoms. The second kappa shape index (κ2) is 5.66. The number of hydrogen-bond donors (Lipinski definition) is 3. The van der Waals surface area contributed by atoms with E-state index in [0.717, 1.165) is 6.07 Å². The molecule has 2 rings (SSSR count). The summed E-state index contributed by atoms with van der Waals surface area (Å²) in [5.74, 6) is -1.67. The number of phenols is 2. The van der Waals surface area contributed by atoms with Crippen LogP contribution in [0.3, 0.4) is 0 Å². The first-order valence-corrected chi connectivity index (χ1v) is 6.61. The molecule has 0 aliphatic heterocycles. The summed E-state index contributed by atoms with van der Waals surface area (Å²) in [6.45, 7) is 1.64. The Balaban J connectivity index is 2.33. The molecule has 2 aromatic rings. The van der Waals surface area contributed by atoms with Crippen LogP contribution in [-0.4, -0.2) is 10.2 Å². The van der Waals surface area contributed by atoms with Crippen LogP contribution in [0.25, 0.3) is 0 Å². The lowest BCUT2D eigenvalue weighted by molar-refractivity contribution is 0.434. The van der Waals surface area contributed by atoms with Gasteiger partial charge in [0.15, 0.2) is 0 Å². The van der Waals surface area contributed by atoms with Crippen LogP contribution < -0.4 is 5.32 Å². The molecular weight excluding hydrogens is 332 g/mol. The van der Waals surface area contributed by atoms with Crippen molar-refractivity contribution in [3.05, 3.63) is 52.0 Å². The molecule has 0 saturated heterocycles. The van der Waals surface area contributed by atoms with Crippen molar-refractivity contribution in [1.82, 2.24) is 0 Å². The summed E-state index contributed by atoms with van der Waals surface area (Å²) >= 11 is 2.97. The SMILES string of the molecule is CC(Nc1cc(Br)c(F)cc1F)c1c(O)cccc1O. The number of aromatic hydroxyl groups is 2. The van der Waals surface area contributed by atoms with Gasteiger partial charge in [-0.2, -0.15) is 0 Å². The average Bonchev–Trinajstić information content (AvgIpc) is 2.35. The molecule has 1 unspecified atom stereocenters. The summed E-state index contributed by atoms with van der Waals surface area (Å²) < 4.78 is 26.9. The van der Waals surface area contributed by atoms with Crippen molar-refractivity contribution in [1.29, 1.82) is 0 Å². The molecule has 3 N–H and O–H groups in total. The first-order valence-electron chi connectivity index (χ1n) is 5.82. The number of halogens is 3. The Morgan fingerprint density at radius 1 is 1.10 bits per heavy atom. The average molecular weight is 344 g/mol. The van der Waals surface area contributed by atoms with Crippen molar-refractivity contribution >= 4 is 21.6 Å². The van der Waals surface area contributed by atoms with E-state index in [2.05, 4.69) is 21.2 Å². The second-order valence-electron chi connectivity index (χ2n) is 4.32. The molecule has 2 aromatic carbocycles. The number of benzene rings is 2. The van der Waals surface area contributed by atoms with Gasteiger partial charge in [0.2, 0.25) is 0 Å². The standard InChI is InChI=1S/C14H12BrF2NO2/c1-7(14-12(19)3-2-4-13(14)20)18-11-5-8(15)9(16)6-10(11)17/h2-7,18-20H,1H3. The zero-order valence-electron chi connectivity index (χ0n) is 10.5. The number of rotatable bonds is 3. The molecule has 20 heavy (non-hydrogen) atoms. The van der Waals surface area contributed by atoms with Crippen molar-refractivity contribution in [2.24, 2.45) is 0 Å². The van der Waals surface area contributed by atoms with Crippen molar-refractivity contribution in [3.8, 4) is 11.5 Å². The van der Waals surface area contributed by atoms with Crippen LogP contribution in [0.2, 0.25) is 0 Å². The van der Waals surface area contributed by atoms with Gasteiger partial charge in [0.05, 0.1) is 21.8 Å². The fraction of sp³-hybridized carbons (Fsp3) is 0.143. The van der Waals surface area contributed by atoms with E-state index in [0.29, 0.717) is 0 Å². The molecule has 0 amide bonds. The van der Waals surface area contributed by atoms with Crippen molar-refractivity contribution in [2.75, 3.05) is 5.32 Å². The maximum Gasteiger partial charge on any atom is 0.149 e. The summed E-state index contributed by atoms with van der Waals surface area (Å²) in [7, 11) is 0. The number of hydrogen-bond acceptors (Lipinski definition) is 3. The molecular formula is C14H12BrF2NO2. The van der Waals surface area contributed by atoms with E-state index >= 15 is 0 Å². The second-order valence-corrected chi connectivity index (χ2v) is 5.18. The molecule has 0 aromatic heterocycles. The minimum Gasteiger partial charge on any atom is -0.507 e. The van der Waals surface area contributed by atoms with Crippen LogP contribution in [0.1, 0.15) is 18.5 Å². The fourth-order valence-corrected chi connectivity index (χ4v) is 2.27. The normalized spacial score (nSPS) is 12.2. The van der Waals surface area contributed by atoms with Gasteiger partial charge in [0.25, 0.3) is 0 Å². The Morgan fingerprint density at radius 3 is 2.30 bits per heavy atom. The largest absolute Gasteiger partial charge is 0.507 e. The molecule has 0 heterocycles. The van der Waals surface area contributed by atoms with Crippen LogP contribution in [-0.2, 0) is 0 Å². The number of anilines is 1. The Bertz CT molecular complexity index is 629. The highest BCUT2D eigenvalue weighted by atomic mass is 79.9. The lowest BCUT2D eigenvalue weighted by Crippen LogP contribution is -2.09. The summed E-state index contributed by atoms with van der Waals surface area (Å²) in [5, 5.41) is 22.3. The Hall–Kier alpha value is -1.82. The third kappa shape index (κ3) is 2.85. The molecule has 0 aliphatic rings. The van der Waals surface area contributed by atoms with Gasteiger partial charge < -0.3 is 15.5 Å². The molecule has 1 atom stereocenters. The highest BCUT2D eigenvalue weighted by Gasteiger charge is 2.17. The van der Waals surface area contributed by atoms with Crippen LogP contribution in [0.4, 0.5) is 14.5 Å². The van der Waals surface area contributed by atoms with Crippen LogP contribution in [0, 0.1) is 11.6 Å². The summed E-state index contributed by atoms with van der Waals surface area (Å²) in [4.78, 5) is 0. The highest BCUT2D eigenvalue weighted by molar-refractivity contribution is 9.10. The Morgan fingerprint density at radius 2 is 1.70 bits per heavy atom. The first-order chi connectivity index (χ1) is 9.40. The van der Waals surface area contributed by atoms with Crippen LogP contribution in [0.15, 0.2) is 34.8 Å². The van der Waals surface area contributed by atoms with Gasteiger partial charge in [-0.3, -0.25) is 0 Å². The summed E-state index contributed by atoms with van der Waals surface area (Å²) in [6.07, 6.45) is 0. The third-order valence-electron chi connectivity index (χ3n) is 2.88. The summed E-state index contributed by atoms with van der Waals surface area (Å²) in [5.41, 5.74) is 0.306. The Kier molecular flexibility index (Phi) is 4.13. The van der Waals surface area contributed by atoms with Crippen molar-refractivity contribution in [2.45, 2.75) is 13.0 Å². The molecule has 3 nitrogen and oxygen atoms in total. The minimum absolute atomic E-state index is 0.0634. The topological polar surface area (TPSA) is 52.5 Å². The third-order valence-corrected chi connectivity index (χ3v) is 3.48. The Labute approximate surface area is 123 Å². The van der Waals surface area contributed by atoms with Crippen LogP contribution in [0.5, 0.6) is 11.5 Å². The minimum atomic E-state index is -0.757. The molecule has 0 fully saturated rings. The van der Waals surface area contributed by atoms with Gasteiger partial charge in [-0.05, 0) is 41.1 Å². The van der Waals surface area contributed by atoms with Crippen molar-refractivity contribution < 1.29 is 19.0 Å². The molecule has 0 aliphatic carbocycles. The zero-order valence-corrected chi connectivity index (χ0v) is 12.1. The predicted molar refractivity (Wildman–Crippen MR) is 75.9 cm³/mol. The predicted octanol–water partition coefficient (Wildman–Crippen LogP) is 4.31. The molecule has 6 heteroatoms. The van der Waals surface area contributed by atoms with E-state index in [1.807, 2.05) is 0 Å². The van der Waals surface area contributed by atoms with Gasteiger partial charge in [-0.15, -0.1) is 0 Å². The van der Waals surface area contributed by atoms with Gasteiger partial charge in [0, 0.05) is 6.07 Å². The van der Waals surface area contributed by atoms with E-state index < -0.39 is 17.7 Å². The van der Waals surface area contributed by atoms with E-state index in [1.165, 1.54) is 24.3 Å². The monoisotopic (exact) mass is 343 g/mol. The van der Waals surface area contributed by atoms with E-state index in [1.54, 1.807) is 6.92 Å². The molecule has 0 radical (unpaired) electrons. The highest BCUT2D eigenvalue weighted by Crippen LogP contribution is 2.35. The number of phenolic OH excluding ortho intramolecular Hbond substituents is 2. The van der Waals surface area contributed by atoms with Crippen LogP contribution >= 0.6 is 15.9 Å². The van der Waals surface area contributed by atoms with Gasteiger partial charge in [-0.1, -0.05) is 6.07 Å². The van der Waals surface area contributed by atoms with Gasteiger partial charge in [0.1, 0.15) is 23.1 Å². The maximum absolute atomic E-state index is 13.7.